The molecule has 2 heterocycles. The highest BCUT2D eigenvalue weighted by atomic mass is 32.2. The van der Waals surface area contributed by atoms with Crippen LogP contribution < -0.4 is 0 Å². The average molecular weight is 417 g/mol. The molecule has 0 saturated carbocycles. The second-order valence-electron chi connectivity index (χ2n) is 7.54. The molecule has 1 aliphatic heterocycles. The van der Waals surface area contributed by atoms with Crippen molar-refractivity contribution in [2.24, 2.45) is 7.05 Å². The van der Waals surface area contributed by atoms with Crippen LogP contribution >= 0.6 is 0 Å². The number of carbonyl (C=O) groups excluding carboxylic acids is 1. The molecule has 7 nitrogen and oxygen atoms in total. The second-order valence-corrected chi connectivity index (χ2v) is 9.45. The fourth-order valence-electron chi connectivity index (χ4n) is 3.56. The summed E-state index contributed by atoms with van der Waals surface area (Å²) in [6, 6.07) is 5.45. The number of aryl methyl sites for hydroxylation is 4. The van der Waals surface area contributed by atoms with Gasteiger partial charge in [0.05, 0.1) is 10.6 Å². The fraction of sp³-hybridized carbons (Fsp3) is 0.429. The Hall–Kier alpha value is -2.45. The predicted molar refractivity (Wildman–Crippen MR) is 113 cm³/mol. The molecule has 1 aromatic heterocycles. The third-order valence-electron chi connectivity index (χ3n) is 5.47. The molecule has 0 bridgehead atoms. The summed E-state index contributed by atoms with van der Waals surface area (Å²) in [5, 5.41) is 4.35. The van der Waals surface area contributed by atoms with Crippen LogP contribution in [0.2, 0.25) is 0 Å². The second kappa shape index (κ2) is 8.12. The number of nitrogens with zero attached hydrogens (tertiary/aromatic N) is 4. The molecule has 8 heteroatoms. The highest BCUT2D eigenvalue weighted by molar-refractivity contribution is 7.89. The van der Waals surface area contributed by atoms with E-state index in [1.165, 1.54) is 4.31 Å². The first-order valence-corrected chi connectivity index (χ1v) is 11.1. The van der Waals surface area contributed by atoms with E-state index in [1.807, 2.05) is 40.0 Å². The molecule has 3 rings (SSSR count). The average Bonchev–Trinajstić information content (AvgIpc) is 2.93. The number of carbonyl (C=O) groups is 1. The van der Waals surface area contributed by atoms with E-state index >= 15 is 0 Å². The Balaban J connectivity index is 1.67. The Bertz CT molecular complexity index is 1060. The van der Waals surface area contributed by atoms with Gasteiger partial charge in [-0.1, -0.05) is 12.1 Å². The molecule has 1 aliphatic rings. The van der Waals surface area contributed by atoms with E-state index in [1.54, 1.807) is 34.7 Å². The van der Waals surface area contributed by atoms with E-state index in [2.05, 4.69) is 5.10 Å². The van der Waals surface area contributed by atoms with Crippen molar-refractivity contribution < 1.29 is 13.2 Å². The van der Waals surface area contributed by atoms with Gasteiger partial charge in [-0.2, -0.15) is 9.40 Å². The van der Waals surface area contributed by atoms with Crippen LogP contribution in [0.4, 0.5) is 0 Å². The van der Waals surface area contributed by atoms with Gasteiger partial charge in [0.1, 0.15) is 0 Å². The maximum atomic E-state index is 13.0. The summed E-state index contributed by atoms with van der Waals surface area (Å²) >= 11 is 0. The molecule has 0 spiro atoms. The van der Waals surface area contributed by atoms with Crippen molar-refractivity contribution in [3.63, 3.8) is 0 Å². The molecule has 0 unspecified atom stereocenters. The fourth-order valence-corrected chi connectivity index (χ4v) is 5.30. The molecule has 1 saturated heterocycles. The van der Waals surface area contributed by atoms with Gasteiger partial charge < -0.3 is 4.90 Å². The zero-order valence-electron chi connectivity index (χ0n) is 17.6. The highest BCUT2D eigenvalue weighted by Crippen LogP contribution is 2.22. The standard InChI is InChI=1S/C21H28N4O3S/c1-15-6-7-16(2)20(14-15)29(27,28)25-12-10-24(11-13-25)21(26)9-8-19-17(3)22-23(5)18(19)4/h6-9,14H,10-13H2,1-5H3/b9-8+. The molecule has 0 N–H and O–H groups in total. The number of hydrogen-bond acceptors (Lipinski definition) is 4. The van der Waals surface area contributed by atoms with Crippen LogP contribution in [0.1, 0.15) is 28.1 Å². The summed E-state index contributed by atoms with van der Waals surface area (Å²) in [6.45, 7) is 8.89. The number of piperazine rings is 1. The van der Waals surface area contributed by atoms with Crippen molar-refractivity contribution in [3.8, 4) is 0 Å². The topological polar surface area (TPSA) is 75.5 Å². The molecule has 0 aliphatic carbocycles. The predicted octanol–water partition coefficient (Wildman–Crippen LogP) is 2.20. The van der Waals surface area contributed by atoms with Crippen molar-refractivity contribution in [2.45, 2.75) is 32.6 Å². The Morgan fingerprint density at radius 2 is 1.72 bits per heavy atom. The van der Waals surface area contributed by atoms with Crippen LogP contribution in [0, 0.1) is 27.7 Å². The normalized spacial score (nSPS) is 16.0. The van der Waals surface area contributed by atoms with Crippen molar-refractivity contribution in [1.82, 2.24) is 19.0 Å². The maximum Gasteiger partial charge on any atom is 0.246 e. The van der Waals surface area contributed by atoms with Crippen LogP contribution in [-0.4, -0.2) is 59.5 Å². The van der Waals surface area contributed by atoms with E-state index in [-0.39, 0.29) is 5.91 Å². The van der Waals surface area contributed by atoms with Gasteiger partial charge in [0.25, 0.3) is 0 Å². The van der Waals surface area contributed by atoms with Crippen molar-refractivity contribution in [2.75, 3.05) is 26.2 Å². The van der Waals surface area contributed by atoms with Gasteiger partial charge in [-0.15, -0.1) is 0 Å². The lowest BCUT2D eigenvalue weighted by molar-refractivity contribution is -0.127. The van der Waals surface area contributed by atoms with Gasteiger partial charge in [0, 0.05) is 50.6 Å². The maximum absolute atomic E-state index is 13.0. The van der Waals surface area contributed by atoms with Gasteiger partial charge in [-0.25, -0.2) is 8.42 Å². The van der Waals surface area contributed by atoms with Crippen LogP contribution in [-0.2, 0) is 21.9 Å². The summed E-state index contributed by atoms with van der Waals surface area (Å²) in [7, 11) is -1.69. The van der Waals surface area contributed by atoms with Gasteiger partial charge in [-0.3, -0.25) is 9.48 Å². The van der Waals surface area contributed by atoms with Gasteiger partial charge in [0.2, 0.25) is 15.9 Å². The number of benzene rings is 1. The highest BCUT2D eigenvalue weighted by Gasteiger charge is 2.30. The molecule has 156 valence electrons. The Labute approximate surface area is 172 Å². The minimum Gasteiger partial charge on any atom is -0.337 e. The quantitative estimate of drug-likeness (QED) is 0.716. The van der Waals surface area contributed by atoms with Gasteiger partial charge >= 0.3 is 0 Å². The lowest BCUT2D eigenvalue weighted by Gasteiger charge is -2.33. The third kappa shape index (κ3) is 4.28. The SMILES string of the molecule is Cc1ccc(C)c(S(=O)(=O)N2CCN(C(=O)/C=C/c3c(C)nn(C)c3C)CC2)c1. The largest absolute Gasteiger partial charge is 0.337 e. The van der Waals surface area contributed by atoms with Gasteiger partial charge in [0.15, 0.2) is 0 Å². The molecule has 29 heavy (non-hydrogen) atoms. The number of hydrogen-bond donors (Lipinski definition) is 0. The summed E-state index contributed by atoms with van der Waals surface area (Å²) < 4.78 is 29.3. The summed E-state index contributed by atoms with van der Waals surface area (Å²) in [5.74, 6) is -0.114. The zero-order chi connectivity index (χ0) is 21.3. The van der Waals surface area contributed by atoms with Crippen LogP contribution in [0.3, 0.4) is 0 Å². The van der Waals surface area contributed by atoms with Crippen molar-refractivity contribution in [1.29, 1.82) is 0 Å². The molecule has 1 amide bonds. The number of aromatic nitrogens is 2. The number of amides is 1. The molecule has 1 fully saturated rings. The number of rotatable bonds is 4. The summed E-state index contributed by atoms with van der Waals surface area (Å²) in [6.07, 6.45) is 3.34. The molecule has 0 atom stereocenters. The first kappa shape index (κ1) is 21.3. The third-order valence-corrected chi connectivity index (χ3v) is 7.51. The smallest absolute Gasteiger partial charge is 0.246 e. The Morgan fingerprint density at radius 3 is 2.31 bits per heavy atom. The summed E-state index contributed by atoms with van der Waals surface area (Å²) in [5.41, 5.74) is 4.46. The molecular formula is C21H28N4O3S. The Kier molecular flexibility index (Phi) is 5.95. The van der Waals surface area contributed by atoms with Crippen LogP contribution in [0.15, 0.2) is 29.2 Å². The molecule has 0 radical (unpaired) electrons. The van der Waals surface area contributed by atoms with E-state index in [4.69, 9.17) is 0 Å². The molecule has 2 aromatic rings. The first-order valence-electron chi connectivity index (χ1n) is 9.66. The monoisotopic (exact) mass is 416 g/mol. The lowest BCUT2D eigenvalue weighted by Crippen LogP contribution is -2.50. The molecule has 1 aromatic carbocycles. The van der Waals surface area contributed by atoms with E-state index in [9.17, 15) is 13.2 Å². The zero-order valence-corrected chi connectivity index (χ0v) is 18.5. The number of sulfonamides is 1. The van der Waals surface area contributed by atoms with Crippen molar-refractivity contribution >= 4 is 22.0 Å². The van der Waals surface area contributed by atoms with E-state index in [0.717, 1.165) is 28.1 Å². The van der Waals surface area contributed by atoms with Crippen LogP contribution in [0.25, 0.3) is 6.08 Å². The first-order chi connectivity index (χ1) is 13.6. The van der Waals surface area contributed by atoms with E-state index < -0.39 is 10.0 Å². The molecular weight excluding hydrogens is 388 g/mol. The minimum atomic E-state index is -3.56. The van der Waals surface area contributed by atoms with Gasteiger partial charge in [-0.05, 0) is 51.0 Å². The minimum absolute atomic E-state index is 0.114. The lowest BCUT2D eigenvalue weighted by atomic mass is 10.2. The van der Waals surface area contributed by atoms with Crippen LogP contribution in [0.5, 0.6) is 0 Å². The van der Waals surface area contributed by atoms with Crippen molar-refractivity contribution in [3.05, 3.63) is 52.4 Å². The van der Waals surface area contributed by atoms with E-state index in [0.29, 0.717) is 31.1 Å². The Morgan fingerprint density at radius 1 is 1.07 bits per heavy atom. The summed E-state index contributed by atoms with van der Waals surface area (Å²) in [4.78, 5) is 14.6.